The fraction of sp³-hybridized carbons (Fsp3) is 0.429. The monoisotopic (exact) mass is 302 g/mol. The number of aliphatic hydroxyl groups excluding tert-OH is 1. The molecule has 0 aromatic heterocycles. The highest BCUT2D eigenvalue weighted by Gasteiger charge is 2.47. The molecule has 0 heterocycles. The predicted molar refractivity (Wildman–Crippen MR) is 69.2 cm³/mol. The first-order valence-electron chi connectivity index (χ1n) is 6.21. The zero-order valence-corrected chi connectivity index (χ0v) is 11.6. The summed E-state index contributed by atoms with van der Waals surface area (Å²) in [6, 6.07) is 5.19. The van der Waals surface area contributed by atoms with Crippen molar-refractivity contribution in [2.24, 2.45) is 0 Å². The summed E-state index contributed by atoms with van der Waals surface area (Å²) in [7, 11) is 1.41. The number of benzene rings is 1. The van der Waals surface area contributed by atoms with E-state index in [-0.39, 0.29) is 12.2 Å². The van der Waals surface area contributed by atoms with Crippen molar-refractivity contribution >= 4 is 11.8 Å². The molecule has 0 spiro atoms. The summed E-state index contributed by atoms with van der Waals surface area (Å²) in [6.45, 7) is 1.48. The molecule has 0 aliphatic heterocycles. The van der Waals surface area contributed by atoms with Crippen LogP contribution in [0.15, 0.2) is 24.3 Å². The van der Waals surface area contributed by atoms with Crippen LogP contribution in [0, 0.1) is 0 Å². The van der Waals surface area contributed by atoms with Crippen LogP contribution in [-0.4, -0.2) is 36.5 Å². The maximum Gasteiger partial charge on any atom is 0.335 e. The largest absolute Gasteiger partial charge is 0.497 e. The second kappa shape index (κ2) is 7.12. The van der Waals surface area contributed by atoms with Crippen molar-refractivity contribution in [2.75, 3.05) is 13.7 Å². The molecule has 5 nitrogen and oxygen atoms in total. The molecule has 1 N–H and O–H groups in total. The van der Waals surface area contributed by atoms with Gasteiger partial charge in [0.15, 0.2) is 0 Å². The predicted octanol–water partition coefficient (Wildman–Crippen LogP) is 1.89. The van der Waals surface area contributed by atoms with Gasteiger partial charge < -0.3 is 14.6 Å². The van der Waals surface area contributed by atoms with Crippen LogP contribution in [0.3, 0.4) is 0 Å². The molecule has 21 heavy (non-hydrogen) atoms. The van der Waals surface area contributed by atoms with E-state index in [1.54, 1.807) is 0 Å². The van der Waals surface area contributed by atoms with Crippen molar-refractivity contribution in [3.63, 3.8) is 0 Å². The van der Waals surface area contributed by atoms with E-state index < -0.39 is 30.2 Å². The average Bonchev–Trinajstić information content (AvgIpc) is 2.46. The molecule has 116 valence electrons. The van der Waals surface area contributed by atoms with Gasteiger partial charge in [0.2, 0.25) is 5.78 Å². The third kappa shape index (κ3) is 4.22. The van der Waals surface area contributed by atoms with E-state index >= 15 is 0 Å². The van der Waals surface area contributed by atoms with Crippen LogP contribution < -0.4 is 4.74 Å². The topological polar surface area (TPSA) is 72.8 Å². The highest BCUT2D eigenvalue weighted by atomic mass is 19.3. The third-order valence-electron chi connectivity index (χ3n) is 2.76. The zero-order valence-electron chi connectivity index (χ0n) is 11.6. The molecule has 0 saturated heterocycles. The van der Waals surface area contributed by atoms with Crippen LogP contribution in [0.5, 0.6) is 5.75 Å². The molecule has 7 heteroatoms. The first-order valence-corrected chi connectivity index (χ1v) is 6.21. The summed E-state index contributed by atoms with van der Waals surface area (Å²) < 4.78 is 37.0. The van der Waals surface area contributed by atoms with Gasteiger partial charge in [0, 0.05) is 0 Å². The summed E-state index contributed by atoms with van der Waals surface area (Å²) in [5.41, 5.74) is -0.155. The number of carbonyl (C=O) groups excluding carboxylic acids is 2. The number of hydrogen-bond donors (Lipinski definition) is 1. The maximum absolute atomic E-state index is 13.8. The number of hydrogen-bond acceptors (Lipinski definition) is 5. The lowest BCUT2D eigenvalue weighted by molar-refractivity contribution is -0.166. The molecular formula is C14H16F2O5. The van der Waals surface area contributed by atoms with Gasteiger partial charge in [-0.2, -0.15) is 8.78 Å². The van der Waals surface area contributed by atoms with E-state index in [9.17, 15) is 23.5 Å². The number of esters is 1. The summed E-state index contributed by atoms with van der Waals surface area (Å²) in [5, 5.41) is 9.66. The summed E-state index contributed by atoms with van der Waals surface area (Å²) >= 11 is 0. The van der Waals surface area contributed by atoms with Crippen molar-refractivity contribution in [2.45, 2.75) is 25.4 Å². The number of ether oxygens (including phenoxy) is 2. The first-order chi connectivity index (χ1) is 9.82. The Hall–Kier alpha value is -2.02. The maximum atomic E-state index is 13.8. The van der Waals surface area contributed by atoms with Gasteiger partial charge in [0.25, 0.3) is 0 Å². The van der Waals surface area contributed by atoms with Crippen molar-refractivity contribution in [1.82, 2.24) is 0 Å². The minimum atomic E-state index is -4.08. The fourth-order valence-electron chi connectivity index (χ4n) is 1.61. The summed E-state index contributed by atoms with van der Waals surface area (Å²) in [4.78, 5) is 22.5. The van der Waals surface area contributed by atoms with Gasteiger partial charge in [-0.3, -0.25) is 9.59 Å². The molecule has 1 atom stereocenters. The molecule has 0 radical (unpaired) electrons. The summed E-state index contributed by atoms with van der Waals surface area (Å²) in [6.07, 6.45) is -3.43. The van der Waals surface area contributed by atoms with Crippen LogP contribution in [0.2, 0.25) is 0 Å². The quantitative estimate of drug-likeness (QED) is 0.615. The average molecular weight is 302 g/mol. The zero-order chi connectivity index (χ0) is 16.0. The minimum Gasteiger partial charge on any atom is -0.497 e. The Morgan fingerprint density at radius 2 is 1.86 bits per heavy atom. The minimum absolute atomic E-state index is 0.0152. The van der Waals surface area contributed by atoms with Gasteiger partial charge in [0.05, 0.1) is 13.7 Å². The van der Waals surface area contributed by atoms with E-state index in [0.717, 1.165) is 0 Å². The highest BCUT2D eigenvalue weighted by molar-refractivity contribution is 5.99. The molecule has 0 amide bonds. The lowest BCUT2D eigenvalue weighted by Gasteiger charge is -2.21. The normalized spacial score (nSPS) is 12.6. The second-order valence-corrected chi connectivity index (χ2v) is 4.20. The lowest BCUT2D eigenvalue weighted by Crippen LogP contribution is -2.37. The van der Waals surface area contributed by atoms with Crippen molar-refractivity contribution < 1.29 is 33.0 Å². The number of aliphatic hydroxyl groups is 1. The first kappa shape index (κ1) is 17.0. The van der Waals surface area contributed by atoms with E-state index in [4.69, 9.17) is 4.74 Å². The van der Waals surface area contributed by atoms with Crippen LogP contribution in [0.4, 0.5) is 8.78 Å². The number of ketones is 1. The lowest BCUT2D eigenvalue weighted by atomic mass is 9.99. The third-order valence-corrected chi connectivity index (χ3v) is 2.76. The Kier molecular flexibility index (Phi) is 5.78. The number of alkyl halides is 2. The number of rotatable bonds is 7. The van der Waals surface area contributed by atoms with Gasteiger partial charge in [0.1, 0.15) is 18.3 Å². The standard InChI is InChI=1S/C14H16F2O5/c1-3-21-12(18)8-11(17)14(15,16)13(19)9-4-6-10(20-2)7-5-9/h4-7,13,19H,3,8H2,1-2H3. The number of methoxy groups -OCH3 is 1. The van der Waals surface area contributed by atoms with Crippen LogP contribution >= 0.6 is 0 Å². The second-order valence-electron chi connectivity index (χ2n) is 4.20. The molecule has 1 unspecified atom stereocenters. The fourth-order valence-corrected chi connectivity index (χ4v) is 1.61. The van der Waals surface area contributed by atoms with E-state index in [1.165, 1.54) is 38.3 Å². The molecule has 0 aliphatic rings. The highest BCUT2D eigenvalue weighted by Crippen LogP contribution is 2.33. The molecule has 1 aromatic rings. The molecule has 0 bridgehead atoms. The Morgan fingerprint density at radius 3 is 2.33 bits per heavy atom. The Morgan fingerprint density at radius 1 is 1.29 bits per heavy atom. The molecule has 0 fully saturated rings. The van der Waals surface area contributed by atoms with Crippen LogP contribution in [-0.2, 0) is 14.3 Å². The van der Waals surface area contributed by atoms with Gasteiger partial charge in [-0.15, -0.1) is 0 Å². The van der Waals surface area contributed by atoms with Gasteiger partial charge in [-0.1, -0.05) is 12.1 Å². The molecule has 1 rings (SSSR count). The van der Waals surface area contributed by atoms with Gasteiger partial charge in [-0.25, -0.2) is 0 Å². The molecular weight excluding hydrogens is 286 g/mol. The SMILES string of the molecule is CCOC(=O)CC(=O)C(F)(F)C(O)c1ccc(OC)cc1. The Bertz CT molecular complexity index is 499. The smallest absolute Gasteiger partial charge is 0.335 e. The van der Waals surface area contributed by atoms with E-state index in [2.05, 4.69) is 4.74 Å². The number of carbonyl (C=O) groups is 2. The van der Waals surface area contributed by atoms with Crippen LogP contribution in [0.25, 0.3) is 0 Å². The van der Waals surface area contributed by atoms with Gasteiger partial charge in [-0.05, 0) is 24.6 Å². The Balaban J connectivity index is 2.83. The van der Waals surface area contributed by atoms with E-state index in [0.29, 0.717) is 5.75 Å². The molecule has 0 aliphatic carbocycles. The summed E-state index contributed by atoms with van der Waals surface area (Å²) in [5.74, 6) is -6.40. The number of Topliss-reactive ketones (excluding diaryl/α,β-unsaturated/α-hetero) is 1. The number of halogens is 2. The van der Waals surface area contributed by atoms with Gasteiger partial charge >= 0.3 is 11.9 Å². The van der Waals surface area contributed by atoms with E-state index in [1.807, 2.05) is 0 Å². The van der Waals surface area contributed by atoms with Crippen LogP contribution in [0.1, 0.15) is 25.0 Å². The van der Waals surface area contributed by atoms with Crippen molar-refractivity contribution in [3.8, 4) is 5.75 Å². The Labute approximate surface area is 120 Å². The van der Waals surface area contributed by atoms with Crippen molar-refractivity contribution in [3.05, 3.63) is 29.8 Å². The van der Waals surface area contributed by atoms with Crippen molar-refractivity contribution in [1.29, 1.82) is 0 Å². The molecule has 1 aromatic carbocycles. The molecule has 0 saturated carbocycles.